The van der Waals surface area contributed by atoms with E-state index in [-0.39, 0.29) is 5.56 Å². The zero-order valence-corrected chi connectivity index (χ0v) is 17.1. The summed E-state index contributed by atoms with van der Waals surface area (Å²) in [7, 11) is 1.90. The van der Waals surface area contributed by atoms with Crippen LogP contribution in [0.2, 0.25) is 0 Å². The molecule has 4 aromatic rings. The minimum atomic E-state index is -0.114. The summed E-state index contributed by atoms with van der Waals surface area (Å²) in [5, 5.41) is 13.2. The van der Waals surface area contributed by atoms with E-state index in [2.05, 4.69) is 32.3 Å². The number of hydrogen-bond acceptors (Lipinski definition) is 4. The molecule has 0 amide bonds. The number of rotatable bonds is 5. The molecule has 0 spiro atoms. The first kappa shape index (κ1) is 18.6. The van der Waals surface area contributed by atoms with Gasteiger partial charge in [0.05, 0.1) is 16.8 Å². The molecule has 1 aliphatic carbocycles. The molecule has 5 rings (SSSR count). The summed E-state index contributed by atoms with van der Waals surface area (Å²) in [6, 6.07) is 10.5. The van der Waals surface area contributed by atoms with E-state index in [9.17, 15) is 4.79 Å². The van der Waals surface area contributed by atoms with Crippen LogP contribution in [0, 0.1) is 0 Å². The lowest BCUT2D eigenvalue weighted by molar-refractivity contribution is -0.732. The highest BCUT2D eigenvalue weighted by Crippen LogP contribution is 2.32. The molecule has 1 saturated carbocycles. The second-order valence-corrected chi connectivity index (χ2v) is 8.04. The molecule has 0 bridgehead atoms. The summed E-state index contributed by atoms with van der Waals surface area (Å²) in [4.78, 5) is 15.4. The standard InChI is InChI=1S/C22H25N7O/c1-27-12-13-28(26-27)15-16-6-5-7-17(14-16)24-21-20-19(10-11-23-22(20)30)29(25-21)18-8-3-2-4-9-18/h5-7,10-14,18H,2-4,8-9,15H2,1H3,(H-,23,24,25,30)/p+1. The second kappa shape index (κ2) is 7.78. The summed E-state index contributed by atoms with van der Waals surface area (Å²) >= 11 is 0. The Hall–Kier alpha value is -3.42. The number of benzene rings is 1. The van der Waals surface area contributed by atoms with E-state index in [4.69, 9.17) is 5.10 Å². The van der Waals surface area contributed by atoms with E-state index in [1.807, 2.05) is 42.3 Å². The quantitative estimate of drug-likeness (QED) is 0.501. The average molecular weight is 404 g/mol. The zero-order valence-electron chi connectivity index (χ0n) is 17.1. The van der Waals surface area contributed by atoms with E-state index >= 15 is 0 Å². The minimum absolute atomic E-state index is 0.114. The highest BCUT2D eigenvalue weighted by molar-refractivity contribution is 5.91. The molecule has 0 radical (unpaired) electrons. The van der Waals surface area contributed by atoms with Crippen LogP contribution >= 0.6 is 0 Å². The van der Waals surface area contributed by atoms with Crippen molar-refractivity contribution in [3.63, 3.8) is 0 Å². The van der Waals surface area contributed by atoms with Crippen molar-refractivity contribution in [3.8, 4) is 0 Å². The summed E-state index contributed by atoms with van der Waals surface area (Å²) in [5.41, 5.74) is 2.81. The highest BCUT2D eigenvalue weighted by Gasteiger charge is 2.22. The summed E-state index contributed by atoms with van der Waals surface area (Å²) < 4.78 is 5.72. The Morgan fingerprint density at radius 1 is 1.23 bits per heavy atom. The second-order valence-electron chi connectivity index (χ2n) is 8.04. The van der Waals surface area contributed by atoms with Gasteiger partial charge in [-0.1, -0.05) is 31.4 Å². The van der Waals surface area contributed by atoms with E-state index in [0.29, 0.717) is 23.8 Å². The van der Waals surface area contributed by atoms with Crippen molar-refractivity contribution >= 4 is 22.4 Å². The van der Waals surface area contributed by atoms with Gasteiger partial charge in [0.15, 0.2) is 18.2 Å². The molecule has 0 unspecified atom stereocenters. The normalized spacial score (nSPS) is 15.0. The van der Waals surface area contributed by atoms with Crippen molar-refractivity contribution in [3.05, 3.63) is 64.8 Å². The van der Waals surface area contributed by atoms with Crippen LogP contribution in [0.5, 0.6) is 0 Å². The predicted octanol–water partition coefficient (Wildman–Crippen LogP) is 3.04. The molecular formula is C22H26N7O+. The van der Waals surface area contributed by atoms with Crippen LogP contribution in [-0.4, -0.2) is 24.7 Å². The molecule has 1 aliphatic rings. The van der Waals surface area contributed by atoms with Gasteiger partial charge >= 0.3 is 0 Å². The van der Waals surface area contributed by atoms with Crippen molar-refractivity contribution in [1.29, 1.82) is 0 Å². The predicted molar refractivity (Wildman–Crippen MR) is 115 cm³/mol. The monoisotopic (exact) mass is 404 g/mol. The molecule has 8 heteroatoms. The van der Waals surface area contributed by atoms with Gasteiger partial charge in [0.25, 0.3) is 5.56 Å². The first-order valence-electron chi connectivity index (χ1n) is 10.5. The van der Waals surface area contributed by atoms with Gasteiger partial charge in [0.1, 0.15) is 19.0 Å². The molecule has 0 aliphatic heterocycles. The van der Waals surface area contributed by atoms with Crippen LogP contribution in [0.3, 0.4) is 0 Å². The van der Waals surface area contributed by atoms with E-state index in [1.165, 1.54) is 19.3 Å². The summed E-state index contributed by atoms with van der Waals surface area (Å²) in [6.45, 7) is 0.675. The number of nitrogens with one attached hydrogen (secondary N) is 2. The van der Waals surface area contributed by atoms with Crippen LogP contribution < -0.4 is 15.6 Å². The lowest BCUT2D eigenvalue weighted by Gasteiger charge is -2.22. The van der Waals surface area contributed by atoms with Crippen LogP contribution in [-0.2, 0) is 13.6 Å². The summed E-state index contributed by atoms with van der Waals surface area (Å²) in [6.07, 6.45) is 11.5. The SMILES string of the molecule is C[n+]1ccn(Cc2cccc(Nc3nn(C4CCCCC4)c4cc[nH]c(=O)c34)c2)n1. The maximum Gasteiger partial charge on any atom is 0.261 e. The van der Waals surface area contributed by atoms with Crippen molar-refractivity contribution < 1.29 is 4.68 Å². The number of fused-ring (bicyclic) bond motifs is 1. The fourth-order valence-corrected chi connectivity index (χ4v) is 4.36. The molecule has 3 aromatic heterocycles. The van der Waals surface area contributed by atoms with Crippen LogP contribution in [0.1, 0.15) is 43.7 Å². The molecule has 3 heterocycles. The van der Waals surface area contributed by atoms with Gasteiger partial charge in [0.2, 0.25) is 0 Å². The molecular weight excluding hydrogens is 378 g/mol. The Morgan fingerprint density at radius 3 is 2.90 bits per heavy atom. The molecule has 0 atom stereocenters. The van der Waals surface area contributed by atoms with Crippen LogP contribution in [0.4, 0.5) is 11.5 Å². The molecule has 1 aromatic carbocycles. The van der Waals surface area contributed by atoms with Gasteiger partial charge < -0.3 is 10.3 Å². The molecule has 2 N–H and O–H groups in total. The third-order valence-electron chi connectivity index (χ3n) is 5.80. The smallest absolute Gasteiger partial charge is 0.261 e. The van der Waals surface area contributed by atoms with Crippen molar-refractivity contribution in [2.75, 3.05) is 5.32 Å². The Morgan fingerprint density at radius 2 is 2.10 bits per heavy atom. The Kier molecular flexibility index (Phi) is 4.82. The maximum absolute atomic E-state index is 12.6. The number of aromatic nitrogens is 6. The van der Waals surface area contributed by atoms with Gasteiger partial charge in [-0.25, -0.2) is 0 Å². The number of aryl methyl sites for hydroxylation is 1. The number of pyridine rings is 1. The van der Waals surface area contributed by atoms with Crippen LogP contribution in [0.15, 0.2) is 53.7 Å². The average Bonchev–Trinajstić information content (AvgIpc) is 3.33. The number of nitrogens with zero attached hydrogens (tertiary/aromatic N) is 5. The van der Waals surface area contributed by atoms with E-state index in [0.717, 1.165) is 29.6 Å². The van der Waals surface area contributed by atoms with Gasteiger partial charge in [0, 0.05) is 11.9 Å². The third kappa shape index (κ3) is 3.60. The van der Waals surface area contributed by atoms with Crippen molar-refractivity contribution in [1.82, 2.24) is 24.7 Å². The number of hydrogen-bond donors (Lipinski definition) is 2. The van der Waals surface area contributed by atoms with Gasteiger partial charge in [-0.2, -0.15) is 5.10 Å². The molecule has 0 saturated heterocycles. The van der Waals surface area contributed by atoms with Crippen LogP contribution in [0.25, 0.3) is 10.9 Å². The van der Waals surface area contributed by atoms with Gasteiger partial charge in [-0.05, 0) is 36.6 Å². The minimum Gasteiger partial charge on any atom is -0.338 e. The Labute approximate surface area is 174 Å². The Bertz CT molecular complexity index is 1230. The van der Waals surface area contributed by atoms with Gasteiger partial charge in [-0.15, -0.1) is 9.36 Å². The largest absolute Gasteiger partial charge is 0.338 e. The number of H-pyrrole nitrogens is 1. The van der Waals surface area contributed by atoms with Gasteiger partial charge in [-0.3, -0.25) is 9.48 Å². The molecule has 8 nitrogen and oxygen atoms in total. The molecule has 1 fully saturated rings. The lowest BCUT2D eigenvalue weighted by Crippen LogP contribution is -2.30. The number of aromatic amines is 1. The first-order valence-corrected chi connectivity index (χ1v) is 10.5. The third-order valence-corrected chi connectivity index (χ3v) is 5.80. The summed E-state index contributed by atoms with van der Waals surface area (Å²) in [5.74, 6) is 0.611. The maximum atomic E-state index is 12.6. The van der Waals surface area contributed by atoms with Crippen molar-refractivity contribution in [2.45, 2.75) is 44.7 Å². The number of anilines is 2. The Balaban J connectivity index is 1.48. The fraction of sp³-hybridized carbons (Fsp3) is 0.364. The molecule has 154 valence electrons. The highest BCUT2D eigenvalue weighted by atomic mass is 16.1. The first-order chi connectivity index (χ1) is 14.7. The lowest BCUT2D eigenvalue weighted by atomic mass is 9.95. The van der Waals surface area contributed by atoms with E-state index in [1.54, 1.807) is 10.9 Å². The topological polar surface area (TPSA) is 84.4 Å². The fourth-order valence-electron chi connectivity index (χ4n) is 4.36. The molecule has 30 heavy (non-hydrogen) atoms. The van der Waals surface area contributed by atoms with Crippen molar-refractivity contribution in [2.24, 2.45) is 7.05 Å². The zero-order chi connectivity index (χ0) is 20.5. The van der Waals surface area contributed by atoms with E-state index < -0.39 is 0 Å².